The molecular formula is C15H22O3S. The number of hydrogen-bond acceptors (Lipinski definition) is 3. The summed E-state index contributed by atoms with van der Waals surface area (Å²) in [5, 5.41) is 16.1. The maximum Gasteiger partial charge on any atom is 0.300 e. The van der Waals surface area contributed by atoms with E-state index < -0.39 is 5.97 Å². The van der Waals surface area contributed by atoms with Crippen LogP contribution in [0, 0.1) is 0 Å². The van der Waals surface area contributed by atoms with Crippen molar-refractivity contribution in [1.82, 2.24) is 0 Å². The molecule has 0 aliphatic carbocycles. The van der Waals surface area contributed by atoms with Gasteiger partial charge in [0.1, 0.15) is 0 Å². The summed E-state index contributed by atoms with van der Waals surface area (Å²) in [5.74, 6) is 0.182. The Morgan fingerprint density at radius 2 is 1.84 bits per heavy atom. The summed E-state index contributed by atoms with van der Waals surface area (Å²) in [6.07, 6.45) is 4.12. The number of hydrogen-bond donors (Lipinski definition) is 2. The molecule has 0 radical (unpaired) electrons. The van der Waals surface area contributed by atoms with Gasteiger partial charge in [-0.25, -0.2) is 0 Å². The van der Waals surface area contributed by atoms with Crippen LogP contribution in [0.15, 0.2) is 46.9 Å². The lowest BCUT2D eigenvalue weighted by Gasteiger charge is -2.00. The molecule has 1 aromatic carbocycles. The number of allylic oxidation sites excluding steroid dienone is 1. The highest BCUT2D eigenvalue weighted by Crippen LogP contribution is 2.18. The predicted octanol–water partition coefficient (Wildman–Crippen LogP) is 3.59. The molecule has 0 aromatic heterocycles. The average molecular weight is 282 g/mol. The monoisotopic (exact) mass is 282 g/mol. The Bertz CT molecular complexity index is 370. The largest absolute Gasteiger partial charge is 0.481 e. The Labute approximate surface area is 119 Å². The topological polar surface area (TPSA) is 57.5 Å². The number of carboxylic acids is 1. The molecule has 0 bridgehead atoms. The number of rotatable bonds is 6. The van der Waals surface area contributed by atoms with E-state index in [0.717, 1.165) is 25.5 Å². The van der Waals surface area contributed by atoms with Gasteiger partial charge in [-0.1, -0.05) is 29.8 Å². The number of benzene rings is 1. The molecule has 0 spiro atoms. The third kappa shape index (κ3) is 13.0. The van der Waals surface area contributed by atoms with E-state index >= 15 is 0 Å². The summed E-state index contributed by atoms with van der Waals surface area (Å²) < 4.78 is 0. The third-order valence-corrected chi connectivity index (χ3v) is 3.09. The van der Waals surface area contributed by atoms with Crippen LogP contribution in [0.2, 0.25) is 0 Å². The summed E-state index contributed by atoms with van der Waals surface area (Å²) in [5.41, 5.74) is 1.37. The third-order valence-electron chi connectivity index (χ3n) is 2.15. The van der Waals surface area contributed by atoms with Crippen molar-refractivity contribution < 1.29 is 15.0 Å². The van der Waals surface area contributed by atoms with E-state index in [9.17, 15) is 0 Å². The molecule has 0 saturated heterocycles. The van der Waals surface area contributed by atoms with Crippen molar-refractivity contribution in [3.05, 3.63) is 42.0 Å². The Hall–Kier alpha value is -1.26. The predicted molar refractivity (Wildman–Crippen MR) is 80.6 cm³/mol. The maximum atomic E-state index is 9.00. The van der Waals surface area contributed by atoms with Crippen LogP contribution < -0.4 is 0 Å². The first-order valence-electron chi connectivity index (χ1n) is 6.20. The summed E-state index contributed by atoms with van der Waals surface area (Å²) in [6, 6.07) is 10.4. The zero-order valence-corrected chi connectivity index (χ0v) is 12.3. The number of carbonyl (C=O) groups is 1. The van der Waals surface area contributed by atoms with Crippen molar-refractivity contribution in [2.24, 2.45) is 0 Å². The lowest BCUT2D eigenvalue weighted by Crippen LogP contribution is -1.85. The molecule has 19 heavy (non-hydrogen) atoms. The van der Waals surface area contributed by atoms with Crippen LogP contribution >= 0.6 is 11.8 Å². The Morgan fingerprint density at radius 1 is 1.26 bits per heavy atom. The fourth-order valence-electron chi connectivity index (χ4n) is 1.26. The molecule has 3 nitrogen and oxygen atoms in total. The first kappa shape index (κ1) is 17.7. The zero-order valence-electron chi connectivity index (χ0n) is 11.5. The van der Waals surface area contributed by atoms with Crippen LogP contribution in [0.25, 0.3) is 0 Å². The highest BCUT2D eigenvalue weighted by molar-refractivity contribution is 7.99. The van der Waals surface area contributed by atoms with E-state index in [2.05, 4.69) is 37.3 Å². The van der Waals surface area contributed by atoms with Gasteiger partial charge in [-0.15, -0.1) is 11.8 Å². The molecular weight excluding hydrogens is 260 g/mol. The van der Waals surface area contributed by atoms with Gasteiger partial charge in [-0.3, -0.25) is 4.79 Å². The highest BCUT2D eigenvalue weighted by Gasteiger charge is 1.92. The molecule has 0 atom stereocenters. The molecule has 106 valence electrons. The second-order valence-electron chi connectivity index (χ2n) is 4.02. The van der Waals surface area contributed by atoms with E-state index in [-0.39, 0.29) is 6.61 Å². The number of carboxylic acid groups (broad SMARTS) is 1. The van der Waals surface area contributed by atoms with Crippen molar-refractivity contribution in [3.8, 4) is 0 Å². The van der Waals surface area contributed by atoms with Gasteiger partial charge in [0.2, 0.25) is 0 Å². The molecule has 1 aromatic rings. The average Bonchev–Trinajstić information content (AvgIpc) is 2.37. The second-order valence-corrected chi connectivity index (χ2v) is 5.11. The van der Waals surface area contributed by atoms with Gasteiger partial charge in [0, 0.05) is 24.2 Å². The van der Waals surface area contributed by atoms with Crippen LogP contribution in [0.4, 0.5) is 0 Å². The van der Waals surface area contributed by atoms with Crippen LogP contribution in [0.3, 0.4) is 0 Å². The van der Waals surface area contributed by atoms with Gasteiger partial charge in [0.25, 0.3) is 5.97 Å². The zero-order chi connectivity index (χ0) is 14.5. The van der Waals surface area contributed by atoms with Gasteiger partial charge in [0.15, 0.2) is 0 Å². The van der Waals surface area contributed by atoms with E-state index in [1.54, 1.807) is 0 Å². The summed E-state index contributed by atoms with van der Waals surface area (Å²) >= 11 is 1.84. The summed E-state index contributed by atoms with van der Waals surface area (Å²) in [7, 11) is 0. The summed E-state index contributed by atoms with van der Waals surface area (Å²) in [4.78, 5) is 10.3. The van der Waals surface area contributed by atoms with Gasteiger partial charge in [-0.05, 0) is 31.9 Å². The molecule has 0 amide bonds. The quantitative estimate of drug-likeness (QED) is 0.618. The SMILES string of the molecule is CC(=CCSc1ccccc1)CCCO.CC(=O)O. The van der Waals surface area contributed by atoms with Crippen LogP contribution in [0.1, 0.15) is 26.7 Å². The molecule has 0 saturated carbocycles. The van der Waals surface area contributed by atoms with E-state index in [0.29, 0.717) is 0 Å². The molecule has 0 aliphatic rings. The molecule has 0 aliphatic heterocycles. The van der Waals surface area contributed by atoms with Crippen LogP contribution in [-0.4, -0.2) is 28.5 Å². The molecule has 2 N–H and O–H groups in total. The molecule has 0 unspecified atom stereocenters. The highest BCUT2D eigenvalue weighted by atomic mass is 32.2. The molecule has 0 heterocycles. The maximum absolute atomic E-state index is 9.00. The van der Waals surface area contributed by atoms with Crippen LogP contribution in [0.5, 0.6) is 0 Å². The number of aliphatic carboxylic acids is 1. The number of thioether (sulfide) groups is 1. The number of aliphatic hydroxyl groups excluding tert-OH is 1. The van der Waals surface area contributed by atoms with Gasteiger partial charge < -0.3 is 10.2 Å². The van der Waals surface area contributed by atoms with Crippen molar-refractivity contribution in [2.75, 3.05) is 12.4 Å². The standard InChI is InChI=1S/C13H18OS.C2H4O2/c1-12(6-5-10-14)9-11-15-13-7-3-2-4-8-13;1-2(3)4/h2-4,7-9,14H,5-6,10-11H2,1H3;1H3,(H,3,4). The number of aliphatic hydroxyl groups is 1. The lowest BCUT2D eigenvalue weighted by atomic mass is 10.2. The van der Waals surface area contributed by atoms with Crippen molar-refractivity contribution in [2.45, 2.75) is 31.6 Å². The van der Waals surface area contributed by atoms with Crippen molar-refractivity contribution in [1.29, 1.82) is 0 Å². The molecule has 1 rings (SSSR count). The van der Waals surface area contributed by atoms with Crippen molar-refractivity contribution >= 4 is 17.7 Å². The second kappa shape index (κ2) is 11.8. The molecule has 0 fully saturated rings. The summed E-state index contributed by atoms with van der Waals surface area (Å²) in [6.45, 7) is 3.50. The minimum atomic E-state index is -0.833. The van der Waals surface area contributed by atoms with Crippen LogP contribution in [-0.2, 0) is 4.79 Å². The van der Waals surface area contributed by atoms with Gasteiger partial charge in [0.05, 0.1) is 0 Å². The lowest BCUT2D eigenvalue weighted by molar-refractivity contribution is -0.134. The minimum absolute atomic E-state index is 0.289. The first-order valence-corrected chi connectivity index (χ1v) is 7.18. The fourth-order valence-corrected chi connectivity index (χ4v) is 2.17. The Balaban J connectivity index is 0.000000711. The smallest absolute Gasteiger partial charge is 0.300 e. The molecule has 4 heteroatoms. The van der Waals surface area contributed by atoms with Gasteiger partial charge in [-0.2, -0.15) is 0 Å². The fraction of sp³-hybridized carbons (Fsp3) is 0.400. The van der Waals surface area contributed by atoms with Crippen molar-refractivity contribution in [3.63, 3.8) is 0 Å². The van der Waals surface area contributed by atoms with E-state index in [1.165, 1.54) is 10.5 Å². The first-order chi connectivity index (χ1) is 9.06. The van der Waals surface area contributed by atoms with Gasteiger partial charge >= 0.3 is 0 Å². The van der Waals surface area contributed by atoms with E-state index in [1.807, 2.05) is 17.8 Å². The Kier molecular flexibility index (Phi) is 11.0. The normalized spacial score (nSPS) is 10.6. The van der Waals surface area contributed by atoms with E-state index in [4.69, 9.17) is 15.0 Å². The minimum Gasteiger partial charge on any atom is -0.481 e. The Morgan fingerprint density at radius 3 is 2.37 bits per heavy atom.